The maximum absolute atomic E-state index is 5.48. The summed E-state index contributed by atoms with van der Waals surface area (Å²) in [6.45, 7) is 4.79. The molecule has 1 aromatic carbocycles. The molecule has 1 aliphatic rings. The van der Waals surface area contributed by atoms with E-state index < -0.39 is 0 Å². The van der Waals surface area contributed by atoms with Gasteiger partial charge in [-0.2, -0.15) is 30.3 Å². The van der Waals surface area contributed by atoms with Crippen molar-refractivity contribution in [1.29, 1.82) is 0 Å². The van der Waals surface area contributed by atoms with Gasteiger partial charge < -0.3 is 4.74 Å². The van der Waals surface area contributed by atoms with Crippen LogP contribution in [-0.2, 0) is 22.0 Å². The van der Waals surface area contributed by atoms with Gasteiger partial charge in [0.25, 0.3) is 0 Å². The molecular weight excluding hydrogens is 265 g/mol. The first-order valence-electron chi connectivity index (χ1n) is 4.63. The van der Waals surface area contributed by atoms with Crippen LogP contribution < -0.4 is 0 Å². The van der Waals surface area contributed by atoms with Crippen molar-refractivity contribution in [2.75, 3.05) is 6.61 Å². The predicted octanol–water partition coefficient (Wildman–Crippen LogP) is 2.73. The molecule has 0 bridgehead atoms. The summed E-state index contributed by atoms with van der Waals surface area (Å²) in [6, 6.07) is 10.7. The fraction of sp³-hybridized carbons (Fsp3) is 0.364. The molecule has 2 nitrogen and oxygen atoms in total. The summed E-state index contributed by atoms with van der Waals surface area (Å²) in [5, 5.41) is 0. The summed E-state index contributed by atoms with van der Waals surface area (Å²) in [4.78, 5) is 4.47. The van der Waals surface area contributed by atoms with E-state index in [4.69, 9.17) is 14.4 Å². The molecule has 0 radical (unpaired) electrons. The Kier molecular flexibility index (Phi) is 4.75. The van der Waals surface area contributed by atoms with Crippen molar-refractivity contribution < 1.29 is 22.0 Å². The van der Waals surface area contributed by atoms with Gasteiger partial charge in [-0.05, 0) is 13.8 Å². The molecule has 0 spiro atoms. The van der Waals surface area contributed by atoms with Gasteiger partial charge in [-0.25, -0.2) is 0 Å². The van der Waals surface area contributed by atoms with Crippen LogP contribution in [0.2, 0.25) is 0 Å². The molecule has 15 heavy (non-hydrogen) atoms. The molecule has 1 heterocycles. The number of rotatable bonds is 1. The molecule has 0 atom stereocenters. The number of benzene rings is 1. The summed E-state index contributed by atoms with van der Waals surface area (Å²) in [5.41, 5.74) is 0.929. The van der Waals surface area contributed by atoms with Gasteiger partial charge in [0.15, 0.2) is 5.90 Å². The molecule has 0 saturated carbocycles. The minimum absolute atomic E-state index is 0.0782. The molecule has 0 aromatic heterocycles. The molecule has 0 N–H and O–H groups in total. The number of ether oxygens (including phenoxy) is 1. The normalized spacial score (nSPS) is 17.3. The second kappa shape index (κ2) is 5.62. The number of nitrogens with zero attached hydrogens (tertiary/aromatic N) is 1. The zero-order chi connectivity index (χ0) is 11.3. The van der Waals surface area contributed by atoms with E-state index >= 15 is 0 Å². The zero-order valence-electron chi connectivity index (χ0n) is 8.96. The molecule has 76 valence electrons. The van der Waals surface area contributed by atoms with Gasteiger partial charge in [0, 0.05) is 0 Å². The van der Waals surface area contributed by atoms with Crippen molar-refractivity contribution in [3.63, 3.8) is 0 Å². The van der Waals surface area contributed by atoms with Gasteiger partial charge in [0.05, 0.1) is 5.54 Å². The Bertz CT molecular complexity index is 338. The van der Waals surface area contributed by atoms with Crippen LogP contribution in [0.5, 0.6) is 0 Å². The van der Waals surface area contributed by atoms with E-state index in [1.165, 1.54) is 0 Å². The van der Waals surface area contributed by atoms with E-state index in [-0.39, 0.29) is 5.54 Å². The summed E-state index contributed by atoms with van der Waals surface area (Å²) < 4.78 is 5.48. The Morgan fingerprint density at radius 3 is 2.80 bits per heavy atom. The molecular formula is C11H12ClNOZn. The van der Waals surface area contributed by atoms with Crippen LogP contribution in [0.25, 0.3) is 0 Å². The number of hydrogen-bond donors (Lipinski definition) is 0. The Morgan fingerprint density at radius 1 is 1.60 bits per heavy atom. The first kappa shape index (κ1) is 12.7. The Hall–Kier alpha value is -0.397. The van der Waals surface area contributed by atoms with Crippen molar-refractivity contribution in [2.45, 2.75) is 19.4 Å². The molecule has 1 aliphatic heterocycles. The Labute approximate surface area is 104 Å². The third-order valence-corrected chi connectivity index (χ3v) is 1.92. The monoisotopic (exact) mass is 275 g/mol. The minimum atomic E-state index is -0.0782. The van der Waals surface area contributed by atoms with Crippen molar-refractivity contribution in [3.05, 3.63) is 35.9 Å². The number of hydrogen-bond acceptors (Lipinski definition) is 2. The van der Waals surface area contributed by atoms with Crippen molar-refractivity contribution in [2.24, 2.45) is 4.99 Å². The predicted molar refractivity (Wildman–Crippen MR) is 57.7 cm³/mol. The van der Waals surface area contributed by atoms with Gasteiger partial charge in [-0.15, -0.1) is 0 Å². The zero-order valence-corrected chi connectivity index (χ0v) is 12.7. The van der Waals surface area contributed by atoms with E-state index in [1.54, 1.807) is 0 Å². The van der Waals surface area contributed by atoms with E-state index in [0.717, 1.165) is 28.8 Å². The second-order valence-corrected chi connectivity index (χ2v) is 3.81. The fourth-order valence-corrected chi connectivity index (χ4v) is 1.26. The van der Waals surface area contributed by atoms with Gasteiger partial charge >= 0.3 is 27.0 Å². The third kappa shape index (κ3) is 3.58. The van der Waals surface area contributed by atoms with Crippen LogP contribution in [0.1, 0.15) is 19.4 Å². The summed E-state index contributed by atoms with van der Waals surface area (Å²) in [5.74, 6) is 0.738. The standard InChI is InChI=1S/C11H12NO.ClH.Zn/c1-11(2)8-13-10(12-11)9-6-4-3-5-7-9;;/h3-4,6-7H,8H2,1-2H3;1H;/q-1;;+2/p-1/i10+2;;. The van der Waals surface area contributed by atoms with Gasteiger partial charge in [0.1, 0.15) is 6.61 Å². The van der Waals surface area contributed by atoms with E-state index in [0.29, 0.717) is 6.61 Å². The summed E-state index contributed by atoms with van der Waals surface area (Å²) in [6.07, 6.45) is 0. The Morgan fingerprint density at radius 2 is 2.33 bits per heavy atom. The van der Waals surface area contributed by atoms with Gasteiger partial charge in [-0.3, -0.25) is 4.99 Å². The first-order valence-corrected chi connectivity index (χ1v) is 8.53. The van der Waals surface area contributed by atoms with Crippen LogP contribution in [-0.4, -0.2) is 18.0 Å². The van der Waals surface area contributed by atoms with Crippen LogP contribution in [0.3, 0.4) is 0 Å². The molecule has 0 unspecified atom stereocenters. The third-order valence-electron chi connectivity index (χ3n) is 1.92. The topological polar surface area (TPSA) is 21.6 Å². The first-order chi connectivity index (χ1) is 7.17. The average molecular weight is 277 g/mol. The quantitative estimate of drug-likeness (QED) is 0.571. The molecule has 0 fully saturated rings. The van der Waals surface area contributed by atoms with Crippen molar-refractivity contribution >= 4 is 15.6 Å². The molecule has 0 saturated heterocycles. The molecule has 0 amide bonds. The van der Waals surface area contributed by atoms with Crippen molar-refractivity contribution in [3.8, 4) is 0 Å². The van der Waals surface area contributed by atoms with E-state index in [1.807, 2.05) is 24.3 Å². The van der Waals surface area contributed by atoms with Gasteiger partial charge in [-0.1, -0.05) is 5.56 Å². The molecule has 1 aromatic rings. The number of halogens is 1. The maximum atomic E-state index is 5.48. The summed E-state index contributed by atoms with van der Waals surface area (Å²) >= 11 is 0.847. The van der Waals surface area contributed by atoms with Crippen LogP contribution in [0.15, 0.2) is 29.3 Å². The van der Waals surface area contributed by atoms with Crippen LogP contribution in [0, 0.1) is 6.07 Å². The van der Waals surface area contributed by atoms with Gasteiger partial charge in [0.2, 0.25) is 0 Å². The average Bonchev–Trinajstić information content (AvgIpc) is 2.63. The Balaban J connectivity index is 0.000000531. The van der Waals surface area contributed by atoms with Crippen molar-refractivity contribution in [1.82, 2.24) is 0 Å². The van der Waals surface area contributed by atoms with Crippen LogP contribution >= 0.6 is 9.69 Å². The van der Waals surface area contributed by atoms with E-state index in [2.05, 4.69) is 24.9 Å². The molecule has 0 aliphatic carbocycles. The van der Waals surface area contributed by atoms with E-state index in [9.17, 15) is 0 Å². The summed E-state index contributed by atoms with van der Waals surface area (Å²) in [7, 11) is 4.76. The SMILES string of the molecule is CC1(C)CO[14C](c2c[c-]ccc2)=N1.[Cl][Zn+]. The van der Waals surface area contributed by atoms with Crippen LogP contribution in [0.4, 0.5) is 0 Å². The molecule has 2 rings (SSSR count). The number of aliphatic imine (C=N–C) groups is 1. The second-order valence-electron chi connectivity index (χ2n) is 3.81. The molecule has 4 heteroatoms. The fourth-order valence-electron chi connectivity index (χ4n) is 1.26.